The number of ether oxygens (including phenoxy) is 2. The second-order valence-corrected chi connectivity index (χ2v) is 8.79. The van der Waals surface area contributed by atoms with Gasteiger partial charge in [-0.3, -0.25) is 9.59 Å². The van der Waals surface area contributed by atoms with Gasteiger partial charge in [0.2, 0.25) is 5.91 Å². The van der Waals surface area contributed by atoms with Crippen molar-refractivity contribution in [1.29, 1.82) is 0 Å². The number of aliphatic carboxylic acids is 1. The first-order valence-corrected chi connectivity index (χ1v) is 11.6. The summed E-state index contributed by atoms with van der Waals surface area (Å²) in [6, 6.07) is 16.3. The number of benzene rings is 2. The first-order chi connectivity index (χ1) is 16.5. The topological polar surface area (TPSA) is 105 Å². The van der Waals surface area contributed by atoms with Gasteiger partial charge in [-0.05, 0) is 35.1 Å². The van der Waals surface area contributed by atoms with Crippen LogP contribution < -0.4 is 5.32 Å². The van der Waals surface area contributed by atoms with E-state index in [4.69, 9.17) is 9.47 Å². The van der Waals surface area contributed by atoms with Gasteiger partial charge in [-0.25, -0.2) is 4.79 Å². The fraction of sp³-hybridized carbons (Fsp3) is 0.423. The van der Waals surface area contributed by atoms with Gasteiger partial charge in [0.25, 0.3) is 0 Å². The van der Waals surface area contributed by atoms with E-state index in [0.717, 1.165) is 22.3 Å². The molecule has 1 unspecified atom stereocenters. The number of carboxylic acids is 1. The van der Waals surface area contributed by atoms with Gasteiger partial charge in [0.1, 0.15) is 6.61 Å². The van der Waals surface area contributed by atoms with Crippen molar-refractivity contribution in [3.8, 4) is 11.1 Å². The summed E-state index contributed by atoms with van der Waals surface area (Å²) < 4.78 is 10.9. The monoisotopic (exact) mass is 466 g/mol. The van der Waals surface area contributed by atoms with Crippen LogP contribution in [0.3, 0.4) is 0 Å². The van der Waals surface area contributed by atoms with Gasteiger partial charge in [-0.2, -0.15) is 0 Å². The zero-order chi connectivity index (χ0) is 24.1. The molecule has 1 saturated heterocycles. The standard InChI is InChI=1S/C26H30N2O6/c1-33-18(13-24(29)28-12-6-7-17(15-28)25(30)31)14-27-26(32)34-16-23-21-10-4-2-8-19(21)20-9-3-5-11-22(20)23/h2-5,8-11,17-18,23H,6-7,12-16H2,1H3,(H,27,32)(H,30,31)/t17-,18?/m0/s1. The molecular formula is C26H30N2O6. The fourth-order valence-corrected chi connectivity index (χ4v) is 4.81. The number of hydrogen-bond donors (Lipinski definition) is 2. The normalized spacial score (nSPS) is 18.0. The molecule has 2 aromatic carbocycles. The van der Waals surface area contributed by atoms with Crippen LogP contribution in [-0.2, 0) is 19.1 Å². The van der Waals surface area contributed by atoms with Gasteiger partial charge >= 0.3 is 12.1 Å². The Labute approximate surface area is 198 Å². The Bertz CT molecular complexity index is 1010. The van der Waals surface area contributed by atoms with Crippen LogP contribution in [0.2, 0.25) is 0 Å². The van der Waals surface area contributed by atoms with Crippen molar-refractivity contribution in [2.75, 3.05) is 33.4 Å². The Hall–Kier alpha value is -3.39. The number of alkyl carbamates (subject to hydrolysis) is 1. The molecule has 2 amide bonds. The predicted molar refractivity (Wildman–Crippen MR) is 125 cm³/mol. The average Bonchev–Trinajstić information content (AvgIpc) is 3.18. The number of likely N-dealkylation sites (tertiary alicyclic amines) is 1. The van der Waals surface area contributed by atoms with E-state index in [1.54, 1.807) is 4.90 Å². The van der Waals surface area contributed by atoms with Crippen LogP contribution in [0.4, 0.5) is 4.79 Å². The molecule has 1 aliphatic heterocycles. The van der Waals surface area contributed by atoms with Crippen LogP contribution in [0.1, 0.15) is 36.3 Å². The van der Waals surface area contributed by atoms with E-state index in [-0.39, 0.29) is 37.9 Å². The first-order valence-electron chi connectivity index (χ1n) is 11.6. The largest absolute Gasteiger partial charge is 0.481 e. The molecule has 8 heteroatoms. The van der Waals surface area contributed by atoms with Crippen LogP contribution >= 0.6 is 0 Å². The van der Waals surface area contributed by atoms with Crippen molar-refractivity contribution in [3.05, 3.63) is 59.7 Å². The van der Waals surface area contributed by atoms with E-state index in [1.165, 1.54) is 7.11 Å². The number of nitrogens with one attached hydrogen (secondary N) is 1. The molecule has 34 heavy (non-hydrogen) atoms. The summed E-state index contributed by atoms with van der Waals surface area (Å²) in [4.78, 5) is 37.8. The van der Waals surface area contributed by atoms with Crippen LogP contribution in [0.5, 0.6) is 0 Å². The lowest BCUT2D eigenvalue weighted by molar-refractivity contribution is -0.146. The number of carbonyl (C=O) groups excluding carboxylic acids is 2. The molecule has 8 nitrogen and oxygen atoms in total. The molecule has 2 N–H and O–H groups in total. The molecule has 0 saturated carbocycles. The van der Waals surface area contributed by atoms with Crippen LogP contribution in [-0.4, -0.2) is 67.4 Å². The lowest BCUT2D eigenvalue weighted by atomic mass is 9.98. The minimum Gasteiger partial charge on any atom is -0.481 e. The van der Waals surface area contributed by atoms with Crippen LogP contribution in [0, 0.1) is 5.92 Å². The molecule has 2 aromatic rings. The summed E-state index contributed by atoms with van der Waals surface area (Å²) >= 11 is 0. The summed E-state index contributed by atoms with van der Waals surface area (Å²) in [6.45, 7) is 1.08. The third kappa shape index (κ3) is 5.22. The average molecular weight is 467 g/mol. The molecule has 1 heterocycles. The molecule has 0 spiro atoms. The SMILES string of the molecule is COC(CNC(=O)OCC1c2ccccc2-c2ccccc21)CC(=O)N1CCC[C@H](C(=O)O)C1. The molecule has 0 aromatic heterocycles. The molecule has 4 rings (SSSR count). The zero-order valence-corrected chi connectivity index (χ0v) is 19.2. The smallest absolute Gasteiger partial charge is 0.407 e. The van der Waals surface area contributed by atoms with Gasteiger partial charge < -0.3 is 24.8 Å². The van der Waals surface area contributed by atoms with Gasteiger partial charge in [0.05, 0.1) is 18.4 Å². The lowest BCUT2D eigenvalue weighted by Gasteiger charge is -2.31. The number of carbonyl (C=O) groups is 3. The third-order valence-electron chi connectivity index (χ3n) is 6.68. The highest BCUT2D eigenvalue weighted by molar-refractivity contribution is 5.79. The fourth-order valence-electron chi connectivity index (χ4n) is 4.81. The maximum absolute atomic E-state index is 12.6. The molecule has 1 aliphatic carbocycles. The van der Waals surface area contributed by atoms with E-state index < -0.39 is 24.1 Å². The molecule has 0 bridgehead atoms. The second-order valence-electron chi connectivity index (χ2n) is 8.79. The predicted octanol–water partition coefficient (Wildman–Crippen LogP) is 3.25. The number of fused-ring (bicyclic) bond motifs is 3. The van der Waals surface area contributed by atoms with E-state index in [0.29, 0.717) is 19.4 Å². The number of hydrogen-bond acceptors (Lipinski definition) is 5. The Kier molecular flexibility index (Phi) is 7.47. The summed E-state index contributed by atoms with van der Waals surface area (Å²) in [6.07, 6.45) is 0.208. The lowest BCUT2D eigenvalue weighted by Crippen LogP contribution is -2.44. The minimum atomic E-state index is -0.877. The quantitative estimate of drug-likeness (QED) is 0.619. The number of carboxylic acid groups (broad SMARTS) is 1. The minimum absolute atomic E-state index is 0.0285. The van der Waals surface area contributed by atoms with Crippen molar-refractivity contribution in [3.63, 3.8) is 0 Å². The van der Waals surface area contributed by atoms with Crippen molar-refractivity contribution in [2.45, 2.75) is 31.3 Å². The highest BCUT2D eigenvalue weighted by Gasteiger charge is 2.30. The molecule has 0 radical (unpaired) electrons. The van der Waals surface area contributed by atoms with Crippen molar-refractivity contribution < 1.29 is 29.0 Å². The van der Waals surface area contributed by atoms with Crippen LogP contribution in [0.15, 0.2) is 48.5 Å². The number of nitrogens with zero attached hydrogens (tertiary/aromatic N) is 1. The number of rotatable bonds is 8. The molecular weight excluding hydrogens is 436 g/mol. The van der Waals surface area contributed by atoms with Gasteiger partial charge in [0.15, 0.2) is 0 Å². The van der Waals surface area contributed by atoms with E-state index in [2.05, 4.69) is 29.6 Å². The molecule has 2 atom stereocenters. The molecule has 180 valence electrons. The third-order valence-corrected chi connectivity index (χ3v) is 6.68. The van der Waals surface area contributed by atoms with Gasteiger partial charge in [0, 0.05) is 32.7 Å². The Balaban J connectivity index is 1.27. The number of methoxy groups -OCH3 is 1. The number of piperidine rings is 1. The summed E-state index contributed by atoms with van der Waals surface area (Å²) in [7, 11) is 1.48. The summed E-state index contributed by atoms with van der Waals surface area (Å²) in [5, 5.41) is 11.9. The highest BCUT2D eigenvalue weighted by atomic mass is 16.5. The van der Waals surface area contributed by atoms with Gasteiger partial charge in [-0.15, -0.1) is 0 Å². The highest BCUT2D eigenvalue weighted by Crippen LogP contribution is 2.44. The first kappa shape index (κ1) is 23.8. The summed E-state index contributed by atoms with van der Waals surface area (Å²) in [5.41, 5.74) is 4.59. The molecule has 1 fully saturated rings. The number of amides is 2. The Morgan fingerprint density at radius 1 is 1.09 bits per heavy atom. The maximum atomic E-state index is 12.6. The van der Waals surface area contributed by atoms with E-state index in [9.17, 15) is 19.5 Å². The zero-order valence-electron chi connectivity index (χ0n) is 19.2. The van der Waals surface area contributed by atoms with Crippen molar-refractivity contribution in [2.24, 2.45) is 5.92 Å². The maximum Gasteiger partial charge on any atom is 0.407 e. The van der Waals surface area contributed by atoms with Crippen LogP contribution in [0.25, 0.3) is 11.1 Å². The van der Waals surface area contributed by atoms with E-state index in [1.807, 2.05) is 24.3 Å². The summed E-state index contributed by atoms with van der Waals surface area (Å²) in [5.74, 6) is -1.61. The van der Waals surface area contributed by atoms with Crippen molar-refractivity contribution >= 4 is 18.0 Å². The molecule has 2 aliphatic rings. The second kappa shape index (κ2) is 10.7. The van der Waals surface area contributed by atoms with E-state index >= 15 is 0 Å². The Morgan fingerprint density at radius 2 is 1.74 bits per heavy atom. The Morgan fingerprint density at radius 3 is 2.35 bits per heavy atom. The van der Waals surface area contributed by atoms with Crippen molar-refractivity contribution in [1.82, 2.24) is 10.2 Å². The van der Waals surface area contributed by atoms with Gasteiger partial charge in [-0.1, -0.05) is 48.5 Å².